The van der Waals surface area contributed by atoms with Gasteiger partial charge in [0.05, 0.1) is 11.7 Å². The van der Waals surface area contributed by atoms with E-state index in [1.165, 1.54) is 11.6 Å². The fourth-order valence-electron chi connectivity index (χ4n) is 6.37. The van der Waals surface area contributed by atoms with Crippen molar-refractivity contribution in [1.82, 2.24) is 20.0 Å². The zero-order chi connectivity index (χ0) is 30.2. The zero-order valence-electron chi connectivity index (χ0n) is 25.4. The molecule has 9 nitrogen and oxygen atoms in total. The van der Waals surface area contributed by atoms with E-state index >= 15 is 0 Å². The van der Waals surface area contributed by atoms with Crippen molar-refractivity contribution in [2.45, 2.75) is 65.1 Å². The third kappa shape index (κ3) is 7.14. The minimum Gasteiger partial charge on any atom is -0.444 e. The molecule has 0 aromatic rings. The molecule has 3 heterocycles. The SMILES string of the molecule is CC1C(=O)C=C(NC2=NC3C=C(Br)C=CC3C(CN3CCN(C4CCN(C(=O)OC(C)(C)C)CC4)CC3)=C2)C(=O)C1C. The number of ether oxygens (including phenoxy) is 1. The second-order valence-electron chi connectivity index (χ2n) is 13.2. The third-order valence-corrected chi connectivity index (χ3v) is 9.60. The molecule has 1 N–H and O–H groups in total. The largest absolute Gasteiger partial charge is 0.444 e. The van der Waals surface area contributed by atoms with Gasteiger partial charge < -0.3 is 15.0 Å². The van der Waals surface area contributed by atoms with Crippen LogP contribution in [0.15, 0.2) is 51.1 Å². The third-order valence-electron chi connectivity index (χ3n) is 9.07. The number of dihydropyridines is 1. The number of aliphatic imine (C=N–C) groups is 1. The number of piperazine rings is 1. The molecule has 2 aliphatic carbocycles. The van der Waals surface area contributed by atoms with Gasteiger partial charge in [0.25, 0.3) is 0 Å². The highest BCUT2D eigenvalue weighted by atomic mass is 79.9. The van der Waals surface area contributed by atoms with Gasteiger partial charge in [-0.1, -0.05) is 41.9 Å². The molecule has 42 heavy (non-hydrogen) atoms. The van der Waals surface area contributed by atoms with E-state index in [0.29, 0.717) is 17.6 Å². The monoisotopic (exact) mass is 641 g/mol. The number of amides is 1. The summed E-state index contributed by atoms with van der Waals surface area (Å²) in [6.07, 6.45) is 11.6. The van der Waals surface area contributed by atoms with Crippen LogP contribution in [0.25, 0.3) is 0 Å². The van der Waals surface area contributed by atoms with Gasteiger partial charge in [-0.05, 0) is 51.3 Å². The Morgan fingerprint density at radius 1 is 1.05 bits per heavy atom. The number of ketones is 2. The van der Waals surface area contributed by atoms with Crippen LogP contribution < -0.4 is 5.32 Å². The number of piperidine rings is 1. The Hall–Kier alpha value is -2.56. The molecule has 1 amide bonds. The Morgan fingerprint density at radius 3 is 2.40 bits per heavy atom. The van der Waals surface area contributed by atoms with Gasteiger partial charge in [-0.25, -0.2) is 4.79 Å². The molecule has 2 saturated heterocycles. The molecule has 0 aromatic carbocycles. The number of hydrogen-bond donors (Lipinski definition) is 1. The molecule has 228 valence electrons. The second kappa shape index (κ2) is 12.6. The van der Waals surface area contributed by atoms with Gasteiger partial charge in [-0.15, -0.1) is 0 Å². The molecule has 10 heteroatoms. The number of carbonyl (C=O) groups excluding carboxylic acids is 3. The fraction of sp³-hybridized carbons (Fsp3) is 0.625. The van der Waals surface area contributed by atoms with E-state index in [-0.39, 0.29) is 41.5 Å². The molecule has 3 aliphatic heterocycles. The molecule has 4 atom stereocenters. The predicted molar refractivity (Wildman–Crippen MR) is 167 cm³/mol. The van der Waals surface area contributed by atoms with E-state index < -0.39 is 5.60 Å². The van der Waals surface area contributed by atoms with Crippen LogP contribution in [-0.4, -0.2) is 102 Å². The summed E-state index contributed by atoms with van der Waals surface area (Å²) in [7, 11) is 0. The summed E-state index contributed by atoms with van der Waals surface area (Å²) in [6, 6.07) is 0.416. The van der Waals surface area contributed by atoms with Crippen LogP contribution in [0.3, 0.4) is 0 Å². The summed E-state index contributed by atoms with van der Waals surface area (Å²) in [5, 5.41) is 3.21. The van der Waals surface area contributed by atoms with Gasteiger partial charge in [-0.2, -0.15) is 0 Å². The maximum atomic E-state index is 12.9. The molecule has 0 saturated carbocycles. The number of allylic oxidation sites excluding steroid dienone is 4. The van der Waals surface area contributed by atoms with Crippen molar-refractivity contribution in [2.24, 2.45) is 22.7 Å². The van der Waals surface area contributed by atoms with E-state index in [0.717, 1.165) is 63.1 Å². The summed E-state index contributed by atoms with van der Waals surface area (Å²) in [6.45, 7) is 15.6. The summed E-state index contributed by atoms with van der Waals surface area (Å²) in [5.41, 5.74) is 1.11. The number of halogens is 1. The van der Waals surface area contributed by atoms with Crippen LogP contribution in [0.1, 0.15) is 47.5 Å². The maximum absolute atomic E-state index is 12.9. The van der Waals surface area contributed by atoms with Crippen LogP contribution in [0.4, 0.5) is 4.79 Å². The normalized spacial score (nSPS) is 29.8. The molecule has 0 bridgehead atoms. The predicted octanol–water partition coefficient (Wildman–Crippen LogP) is 4.07. The van der Waals surface area contributed by atoms with Gasteiger partial charge in [0.15, 0.2) is 11.6 Å². The van der Waals surface area contributed by atoms with Crippen LogP contribution in [0.2, 0.25) is 0 Å². The van der Waals surface area contributed by atoms with Crippen LogP contribution in [0, 0.1) is 17.8 Å². The quantitative estimate of drug-likeness (QED) is 0.494. The van der Waals surface area contributed by atoms with Crippen LogP contribution >= 0.6 is 15.9 Å². The Labute approximate surface area is 257 Å². The van der Waals surface area contributed by atoms with Crippen LogP contribution in [0.5, 0.6) is 0 Å². The lowest BCUT2D eigenvalue weighted by atomic mass is 9.82. The number of amidine groups is 1. The Balaban J connectivity index is 1.19. The van der Waals surface area contributed by atoms with Crippen molar-refractivity contribution in [3.8, 4) is 0 Å². The van der Waals surface area contributed by atoms with Gasteiger partial charge in [0.2, 0.25) is 0 Å². The molecule has 0 radical (unpaired) electrons. The Kier molecular flexibility index (Phi) is 9.25. The number of rotatable bonds is 4. The minimum atomic E-state index is -0.470. The van der Waals surface area contributed by atoms with Gasteiger partial charge in [0, 0.05) is 80.2 Å². The average molecular weight is 643 g/mol. The highest BCUT2D eigenvalue weighted by molar-refractivity contribution is 9.11. The lowest BCUT2D eigenvalue weighted by Gasteiger charge is -2.43. The van der Waals surface area contributed by atoms with Crippen molar-refractivity contribution < 1.29 is 19.1 Å². The highest BCUT2D eigenvalue weighted by Crippen LogP contribution is 2.32. The number of carbonyl (C=O) groups is 3. The average Bonchev–Trinajstić information content (AvgIpc) is 2.94. The molecule has 5 aliphatic rings. The number of nitrogens with one attached hydrogen (secondary N) is 1. The fourth-order valence-corrected chi connectivity index (χ4v) is 6.79. The van der Waals surface area contributed by atoms with Crippen molar-refractivity contribution in [3.63, 3.8) is 0 Å². The van der Waals surface area contributed by atoms with Crippen molar-refractivity contribution >= 4 is 39.4 Å². The first kappa shape index (κ1) is 30.9. The topological polar surface area (TPSA) is 94.6 Å². The summed E-state index contributed by atoms with van der Waals surface area (Å²) in [4.78, 5) is 49.7. The smallest absolute Gasteiger partial charge is 0.410 e. The lowest BCUT2D eigenvalue weighted by molar-refractivity contribution is -0.128. The molecule has 4 unspecified atom stereocenters. The van der Waals surface area contributed by atoms with Crippen LogP contribution in [-0.2, 0) is 14.3 Å². The Bertz CT molecular complexity index is 1250. The van der Waals surface area contributed by atoms with E-state index in [4.69, 9.17) is 9.73 Å². The Morgan fingerprint density at radius 2 is 1.74 bits per heavy atom. The first-order chi connectivity index (χ1) is 19.9. The van der Waals surface area contributed by atoms with E-state index in [9.17, 15) is 14.4 Å². The van der Waals surface area contributed by atoms with Crippen molar-refractivity contribution in [2.75, 3.05) is 45.8 Å². The molecular formula is C32H44BrN5O4. The van der Waals surface area contributed by atoms with Crippen molar-refractivity contribution in [3.05, 3.63) is 46.1 Å². The summed E-state index contributed by atoms with van der Waals surface area (Å²) >= 11 is 3.60. The molecule has 5 rings (SSSR count). The minimum absolute atomic E-state index is 0.0280. The highest BCUT2D eigenvalue weighted by Gasteiger charge is 2.35. The molecule has 2 fully saturated rings. The van der Waals surface area contributed by atoms with E-state index in [1.54, 1.807) is 0 Å². The number of Topliss-reactive ketones (excluding diaryl/α,β-unsaturated/α-hetero) is 1. The van der Waals surface area contributed by atoms with Gasteiger partial charge in [-0.3, -0.25) is 24.4 Å². The number of nitrogens with zero attached hydrogens (tertiary/aromatic N) is 4. The molecular weight excluding hydrogens is 598 g/mol. The first-order valence-electron chi connectivity index (χ1n) is 15.2. The van der Waals surface area contributed by atoms with Crippen molar-refractivity contribution in [1.29, 1.82) is 0 Å². The number of hydrogen-bond acceptors (Lipinski definition) is 8. The maximum Gasteiger partial charge on any atom is 0.410 e. The second-order valence-corrected chi connectivity index (χ2v) is 14.1. The summed E-state index contributed by atoms with van der Waals surface area (Å²) < 4.78 is 6.55. The van der Waals surface area contributed by atoms with Gasteiger partial charge in [0.1, 0.15) is 11.4 Å². The zero-order valence-corrected chi connectivity index (χ0v) is 27.0. The van der Waals surface area contributed by atoms with E-state index in [2.05, 4.69) is 55.4 Å². The first-order valence-corrected chi connectivity index (χ1v) is 16.0. The molecule has 0 spiro atoms. The van der Waals surface area contributed by atoms with E-state index in [1.807, 2.05) is 39.5 Å². The number of likely N-dealkylation sites (tertiary alicyclic amines) is 1. The lowest BCUT2D eigenvalue weighted by Crippen LogP contribution is -2.54. The number of fused-ring (bicyclic) bond motifs is 1. The standard InChI is InChI=1S/C32H44BrN5O4/c1-20-21(2)30(40)27(18-28(20)39)35-29-16-22(25-7-6-23(33)17-26(25)34-29)19-36-12-14-37(15-13-36)24-8-10-38(11-9-24)31(41)42-32(3,4)5/h6-7,16-18,20-21,24-26H,8-15,19H2,1-5H3,(H,34,35). The van der Waals surface area contributed by atoms with Gasteiger partial charge >= 0.3 is 6.09 Å². The summed E-state index contributed by atoms with van der Waals surface area (Å²) in [5.74, 6) is 0.0597. The molecule has 0 aromatic heterocycles.